The van der Waals surface area contributed by atoms with Crippen LogP contribution in [0, 0.1) is 13.8 Å². The van der Waals surface area contributed by atoms with Crippen molar-refractivity contribution >= 4 is 39.4 Å². The maximum Gasteiger partial charge on any atom is 0.322 e. The summed E-state index contributed by atoms with van der Waals surface area (Å²) in [6.45, 7) is 5.84. The van der Waals surface area contributed by atoms with E-state index in [1.54, 1.807) is 30.0 Å². The number of aromatic nitrogens is 3. The van der Waals surface area contributed by atoms with E-state index in [9.17, 15) is 9.59 Å². The Bertz CT molecular complexity index is 958. The number of amides is 2. The van der Waals surface area contributed by atoms with Crippen molar-refractivity contribution in [2.24, 2.45) is 0 Å². The summed E-state index contributed by atoms with van der Waals surface area (Å²) in [6.07, 6.45) is 3.03. The van der Waals surface area contributed by atoms with Crippen LogP contribution in [0.15, 0.2) is 22.6 Å². The van der Waals surface area contributed by atoms with E-state index in [0.29, 0.717) is 4.96 Å². The molecular weight excluding hydrogens is 346 g/mol. The van der Waals surface area contributed by atoms with E-state index in [2.05, 4.69) is 15.3 Å². The third-order valence-corrected chi connectivity index (χ3v) is 5.49. The fourth-order valence-electron chi connectivity index (χ4n) is 2.41. The predicted octanol–water partition coefficient (Wildman–Crippen LogP) is 3.05. The van der Waals surface area contributed by atoms with Crippen LogP contribution in [0.3, 0.4) is 0 Å². The number of nitrogens with one attached hydrogen (secondary N) is 1. The number of urea groups is 1. The average Bonchev–Trinajstić information content (AvgIpc) is 3.15. The molecule has 7 nitrogen and oxygen atoms in total. The molecule has 0 aliphatic carbocycles. The number of aryl methyl sites for hydroxylation is 2. The molecule has 3 heterocycles. The molecule has 0 spiro atoms. The third kappa shape index (κ3) is 2.92. The number of rotatable bonds is 3. The Balaban J connectivity index is 1.81. The zero-order chi connectivity index (χ0) is 17.4. The van der Waals surface area contributed by atoms with Gasteiger partial charge in [0.15, 0.2) is 4.96 Å². The highest BCUT2D eigenvalue weighted by atomic mass is 32.1. The summed E-state index contributed by atoms with van der Waals surface area (Å²) in [5.41, 5.74) is 0.732. The summed E-state index contributed by atoms with van der Waals surface area (Å²) in [7, 11) is 1.68. The summed E-state index contributed by atoms with van der Waals surface area (Å²) in [6, 6.07) is -0.572. The van der Waals surface area contributed by atoms with Gasteiger partial charge in [-0.3, -0.25) is 9.20 Å². The van der Waals surface area contributed by atoms with Gasteiger partial charge in [0, 0.05) is 23.5 Å². The number of carbonyl (C=O) groups is 1. The zero-order valence-electron chi connectivity index (χ0n) is 13.7. The first-order valence-corrected chi connectivity index (χ1v) is 9.00. The van der Waals surface area contributed by atoms with Crippen LogP contribution in [0.25, 0.3) is 4.96 Å². The lowest BCUT2D eigenvalue weighted by Crippen LogP contribution is -2.35. The number of thiazole rings is 2. The monoisotopic (exact) mass is 363 g/mol. The van der Waals surface area contributed by atoms with Gasteiger partial charge >= 0.3 is 6.03 Å². The van der Waals surface area contributed by atoms with E-state index in [4.69, 9.17) is 0 Å². The summed E-state index contributed by atoms with van der Waals surface area (Å²) in [4.78, 5) is 36.7. The first-order valence-electron chi connectivity index (χ1n) is 7.31. The molecule has 2 amide bonds. The minimum absolute atomic E-state index is 0.154. The average molecular weight is 363 g/mol. The van der Waals surface area contributed by atoms with E-state index in [1.165, 1.54) is 26.8 Å². The smallest absolute Gasteiger partial charge is 0.319 e. The number of anilines is 1. The lowest BCUT2D eigenvalue weighted by Gasteiger charge is -2.24. The molecule has 0 saturated heterocycles. The Morgan fingerprint density at radius 2 is 2.17 bits per heavy atom. The highest BCUT2D eigenvalue weighted by molar-refractivity contribution is 7.15. The maximum absolute atomic E-state index is 12.5. The van der Waals surface area contributed by atoms with Crippen molar-refractivity contribution < 1.29 is 4.79 Å². The normalized spacial score (nSPS) is 12.3. The Kier molecular flexibility index (Phi) is 4.37. The van der Waals surface area contributed by atoms with Gasteiger partial charge in [-0.2, -0.15) is 0 Å². The van der Waals surface area contributed by atoms with Crippen LogP contribution in [-0.4, -0.2) is 32.3 Å². The summed E-state index contributed by atoms with van der Waals surface area (Å²) in [5.74, 6) is 0. The van der Waals surface area contributed by atoms with Crippen molar-refractivity contribution in [3.63, 3.8) is 0 Å². The summed E-state index contributed by atoms with van der Waals surface area (Å²) in [5, 5.41) is 5.38. The third-order valence-electron chi connectivity index (χ3n) is 3.82. The highest BCUT2D eigenvalue weighted by Gasteiger charge is 2.22. The van der Waals surface area contributed by atoms with Gasteiger partial charge in [0.1, 0.15) is 5.69 Å². The van der Waals surface area contributed by atoms with Gasteiger partial charge in [-0.1, -0.05) is 0 Å². The van der Waals surface area contributed by atoms with Gasteiger partial charge in [-0.25, -0.2) is 14.8 Å². The maximum atomic E-state index is 12.5. The van der Waals surface area contributed by atoms with Crippen LogP contribution in [0.2, 0.25) is 0 Å². The Morgan fingerprint density at radius 3 is 2.83 bits per heavy atom. The molecule has 0 radical (unpaired) electrons. The minimum Gasteiger partial charge on any atom is -0.319 e. The Hall–Kier alpha value is -2.26. The molecular formula is C15H17N5O2S2. The standard InChI is InChI=1S/C15H17N5O2S2/c1-8(12-9(2)24-10(3)17-12)19(4)14(22)18-11-7-16-15-20(13(11)21)5-6-23-15/h5-8H,1-4H3,(H,18,22)/t8-/m1/s1. The summed E-state index contributed by atoms with van der Waals surface area (Å²) < 4.78 is 1.41. The molecule has 1 N–H and O–H groups in total. The number of hydrogen-bond donors (Lipinski definition) is 1. The summed E-state index contributed by atoms with van der Waals surface area (Å²) >= 11 is 2.97. The molecule has 24 heavy (non-hydrogen) atoms. The second-order valence-electron chi connectivity index (χ2n) is 5.42. The van der Waals surface area contributed by atoms with Crippen LogP contribution >= 0.6 is 22.7 Å². The molecule has 0 aliphatic rings. The predicted molar refractivity (Wildman–Crippen MR) is 96.1 cm³/mol. The quantitative estimate of drug-likeness (QED) is 0.776. The molecule has 9 heteroatoms. The lowest BCUT2D eigenvalue weighted by atomic mass is 10.2. The molecule has 0 fully saturated rings. The molecule has 126 valence electrons. The van der Waals surface area contributed by atoms with Crippen LogP contribution in [-0.2, 0) is 0 Å². The molecule has 0 bridgehead atoms. The van der Waals surface area contributed by atoms with Crippen molar-refractivity contribution in [3.05, 3.63) is 43.7 Å². The second kappa shape index (κ2) is 6.33. The van der Waals surface area contributed by atoms with E-state index in [0.717, 1.165) is 15.6 Å². The van der Waals surface area contributed by atoms with Crippen LogP contribution in [0.5, 0.6) is 0 Å². The van der Waals surface area contributed by atoms with Crippen molar-refractivity contribution in [3.8, 4) is 0 Å². The van der Waals surface area contributed by atoms with E-state index in [1.807, 2.05) is 20.8 Å². The van der Waals surface area contributed by atoms with E-state index < -0.39 is 0 Å². The topological polar surface area (TPSA) is 79.6 Å². The molecule has 3 aromatic heterocycles. The van der Waals surface area contributed by atoms with E-state index in [-0.39, 0.29) is 23.3 Å². The number of fused-ring (bicyclic) bond motifs is 1. The SMILES string of the molecule is Cc1nc([C@@H](C)N(C)C(=O)Nc2cnc3sccn3c2=O)c(C)s1. The van der Waals surface area contributed by atoms with Crippen molar-refractivity contribution in [1.29, 1.82) is 0 Å². The number of carbonyl (C=O) groups excluding carboxylic acids is 1. The second-order valence-corrected chi connectivity index (χ2v) is 7.70. The number of nitrogens with zero attached hydrogens (tertiary/aromatic N) is 4. The van der Waals surface area contributed by atoms with Gasteiger partial charge in [-0.05, 0) is 20.8 Å². The van der Waals surface area contributed by atoms with Crippen molar-refractivity contribution in [2.45, 2.75) is 26.8 Å². The molecule has 0 aromatic carbocycles. The van der Waals surface area contributed by atoms with E-state index >= 15 is 0 Å². The first kappa shape index (κ1) is 16.6. The van der Waals surface area contributed by atoms with Crippen LogP contribution in [0.4, 0.5) is 10.5 Å². The first-order chi connectivity index (χ1) is 11.4. The minimum atomic E-state index is -0.373. The molecule has 3 aromatic rings. The molecule has 0 aliphatic heterocycles. The van der Waals surface area contributed by atoms with Crippen LogP contribution < -0.4 is 10.9 Å². The Labute approximate surface area is 146 Å². The molecule has 1 atom stereocenters. The zero-order valence-corrected chi connectivity index (χ0v) is 15.4. The van der Waals surface area contributed by atoms with Gasteiger partial charge in [-0.15, -0.1) is 22.7 Å². The molecule has 0 unspecified atom stereocenters. The highest BCUT2D eigenvalue weighted by Crippen LogP contribution is 2.26. The van der Waals surface area contributed by atoms with Crippen molar-refractivity contribution in [1.82, 2.24) is 19.3 Å². The lowest BCUT2D eigenvalue weighted by molar-refractivity contribution is 0.207. The number of hydrogen-bond acceptors (Lipinski definition) is 6. The van der Waals surface area contributed by atoms with Crippen molar-refractivity contribution in [2.75, 3.05) is 12.4 Å². The van der Waals surface area contributed by atoms with Crippen LogP contribution in [0.1, 0.15) is 28.5 Å². The van der Waals surface area contributed by atoms with Gasteiger partial charge < -0.3 is 10.2 Å². The van der Waals surface area contributed by atoms with Gasteiger partial charge in [0.25, 0.3) is 5.56 Å². The Morgan fingerprint density at radius 1 is 1.42 bits per heavy atom. The molecule has 0 saturated carbocycles. The fraction of sp³-hybridized carbons (Fsp3) is 0.333. The van der Waals surface area contributed by atoms with Gasteiger partial charge in [0.2, 0.25) is 0 Å². The largest absolute Gasteiger partial charge is 0.322 e. The fourth-order valence-corrected chi connectivity index (χ4v) is 3.99. The molecule has 3 rings (SSSR count). The van der Waals surface area contributed by atoms with Gasteiger partial charge in [0.05, 0.1) is 22.9 Å².